The second-order valence-electron chi connectivity index (χ2n) is 4.20. The summed E-state index contributed by atoms with van der Waals surface area (Å²) in [4.78, 5) is 0. The Kier molecular flexibility index (Phi) is 4.79. The Morgan fingerprint density at radius 3 is 2.44 bits per heavy atom. The van der Waals surface area contributed by atoms with Gasteiger partial charge in [0.05, 0.1) is 0 Å². The molecule has 2 aromatic carbocycles. The van der Waals surface area contributed by atoms with E-state index < -0.39 is 0 Å². The largest absolute Gasteiger partial charge is 0.207 e. The molecule has 0 fully saturated rings. The van der Waals surface area contributed by atoms with E-state index in [4.69, 9.17) is 11.6 Å². The van der Waals surface area contributed by atoms with Crippen molar-refractivity contribution in [1.29, 1.82) is 0 Å². The Labute approximate surface area is 120 Å². The van der Waals surface area contributed by atoms with Crippen molar-refractivity contribution in [2.75, 3.05) is 5.88 Å². The molecule has 0 saturated carbocycles. The number of alkyl halides is 1. The molecular formula is C15H13BrClF. The maximum atomic E-state index is 13.0. The van der Waals surface area contributed by atoms with Crippen LogP contribution in [0.4, 0.5) is 4.39 Å². The van der Waals surface area contributed by atoms with Crippen molar-refractivity contribution in [3.8, 4) is 0 Å². The average Bonchev–Trinajstić information content (AvgIpc) is 2.39. The first-order chi connectivity index (χ1) is 8.70. The van der Waals surface area contributed by atoms with Crippen LogP contribution in [0.25, 0.3) is 0 Å². The zero-order valence-electron chi connectivity index (χ0n) is 9.74. The van der Waals surface area contributed by atoms with Crippen molar-refractivity contribution in [1.82, 2.24) is 0 Å². The summed E-state index contributed by atoms with van der Waals surface area (Å²) in [7, 11) is 0. The van der Waals surface area contributed by atoms with Gasteiger partial charge in [0, 0.05) is 16.3 Å². The van der Waals surface area contributed by atoms with Gasteiger partial charge >= 0.3 is 0 Å². The van der Waals surface area contributed by atoms with Crippen LogP contribution in [-0.2, 0) is 6.42 Å². The third-order valence-corrected chi connectivity index (χ3v) is 4.05. The third-order valence-electron chi connectivity index (χ3n) is 2.94. The first-order valence-electron chi connectivity index (χ1n) is 5.75. The van der Waals surface area contributed by atoms with Gasteiger partial charge in [-0.15, -0.1) is 11.6 Å². The molecule has 0 aliphatic rings. The zero-order chi connectivity index (χ0) is 13.0. The Morgan fingerprint density at radius 1 is 1.11 bits per heavy atom. The van der Waals surface area contributed by atoms with Crippen LogP contribution < -0.4 is 0 Å². The molecule has 0 aliphatic heterocycles. The van der Waals surface area contributed by atoms with Crippen LogP contribution in [0.5, 0.6) is 0 Å². The lowest BCUT2D eigenvalue weighted by atomic mass is 9.94. The summed E-state index contributed by atoms with van der Waals surface area (Å²) in [6, 6.07) is 14.9. The summed E-state index contributed by atoms with van der Waals surface area (Å²) in [5, 5.41) is 0. The van der Waals surface area contributed by atoms with Gasteiger partial charge in [0.1, 0.15) is 5.82 Å². The van der Waals surface area contributed by atoms with E-state index in [0.717, 1.165) is 16.5 Å². The molecule has 18 heavy (non-hydrogen) atoms. The predicted octanol–water partition coefficient (Wildman–Crippen LogP) is 5.15. The summed E-state index contributed by atoms with van der Waals surface area (Å²) in [5.74, 6) is 0.566. The summed E-state index contributed by atoms with van der Waals surface area (Å²) < 4.78 is 13.8. The van der Waals surface area contributed by atoms with E-state index >= 15 is 0 Å². The average molecular weight is 328 g/mol. The molecule has 1 atom stereocenters. The smallest absolute Gasteiger partial charge is 0.124 e. The fourth-order valence-corrected chi connectivity index (χ4v) is 2.74. The maximum Gasteiger partial charge on any atom is 0.124 e. The topological polar surface area (TPSA) is 0 Å². The Morgan fingerprint density at radius 2 is 1.83 bits per heavy atom. The molecule has 0 nitrogen and oxygen atoms in total. The van der Waals surface area contributed by atoms with Crippen molar-refractivity contribution in [3.63, 3.8) is 0 Å². The van der Waals surface area contributed by atoms with Gasteiger partial charge in [0.15, 0.2) is 0 Å². The van der Waals surface area contributed by atoms with Crippen molar-refractivity contribution in [2.45, 2.75) is 12.3 Å². The van der Waals surface area contributed by atoms with Crippen LogP contribution in [-0.4, -0.2) is 5.88 Å². The number of benzene rings is 2. The van der Waals surface area contributed by atoms with Crippen molar-refractivity contribution in [3.05, 3.63) is 69.9 Å². The molecule has 0 N–H and O–H groups in total. The van der Waals surface area contributed by atoms with Crippen LogP contribution >= 0.6 is 27.5 Å². The van der Waals surface area contributed by atoms with E-state index in [1.165, 1.54) is 17.7 Å². The van der Waals surface area contributed by atoms with Crippen LogP contribution in [0.2, 0.25) is 0 Å². The molecule has 0 spiro atoms. The van der Waals surface area contributed by atoms with Gasteiger partial charge in [-0.05, 0) is 29.7 Å². The summed E-state index contributed by atoms with van der Waals surface area (Å²) in [6.07, 6.45) is 0.800. The van der Waals surface area contributed by atoms with Gasteiger partial charge in [-0.1, -0.05) is 52.3 Å². The normalized spacial score (nSPS) is 12.4. The molecule has 0 bridgehead atoms. The van der Waals surface area contributed by atoms with E-state index in [-0.39, 0.29) is 11.7 Å². The van der Waals surface area contributed by atoms with E-state index in [1.54, 1.807) is 0 Å². The van der Waals surface area contributed by atoms with Gasteiger partial charge < -0.3 is 0 Å². The Hall–Kier alpha value is -0.860. The van der Waals surface area contributed by atoms with Crippen LogP contribution in [0, 0.1) is 5.82 Å². The molecule has 0 aromatic heterocycles. The molecule has 0 heterocycles. The lowest BCUT2D eigenvalue weighted by Crippen LogP contribution is -2.05. The summed E-state index contributed by atoms with van der Waals surface area (Å²) in [6.45, 7) is 0. The molecule has 3 heteroatoms. The number of hydrogen-bond acceptors (Lipinski definition) is 0. The molecule has 0 amide bonds. The van der Waals surface area contributed by atoms with E-state index in [1.807, 2.05) is 24.3 Å². The lowest BCUT2D eigenvalue weighted by Gasteiger charge is -2.15. The van der Waals surface area contributed by atoms with Gasteiger partial charge in [0.2, 0.25) is 0 Å². The highest BCUT2D eigenvalue weighted by Gasteiger charge is 2.13. The zero-order valence-corrected chi connectivity index (χ0v) is 12.1. The molecule has 2 aromatic rings. The molecular weight excluding hydrogens is 315 g/mol. The van der Waals surface area contributed by atoms with Gasteiger partial charge in [-0.25, -0.2) is 4.39 Å². The monoisotopic (exact) mass is 326 g/mol. The fourth-order valence-electron chi connectivity index (χ4n) is 1.94. The van der Waals surface area contributed by atoms with Gasteiger partial charge in [-0.2, -0.15) is 0 Å². The minimum atomic E-state index is -0.229. The van der Waals surface area contributed by atoms with Crippen LogP contribution in [0.3, 0.4) is 0 Å². The van der Waals surface area contributed by atoms with Crippen molar-refractivity contribution < 1.29 is 4.39 Å². The fraction of sp³-hybridized carbons (Fsp3) is 0.200. The number of halogens is 3. The highest BCUT2D eigenvalue weighted by molar-refractivity contribution is 9.10. The minimum absolute atomic E-state index is 0.229. The summed E-state index contributed by atoms with van der Waals surface area (Å²) >= 11 is 9.44. The quantitative estimate of drug-likeness (QED) is 0.681. The second kappa shape index (κ2) is 6.35. The highest BCUT2D eigenvalue weighted by Crippen LogP contribution is 2.27. The van der Waals surface area contributed by atoms with Crippen LogP contribution in [0.1, 0.15) is 17.0 Å². The third kappa shape index (κ3) is 3.33. The van der Waals surface area contributed by atoms with Gasteiger partial charge in [-0.3, -0.25) is 0 Å². The SMILES string of the molecule is Fc1ccc(CC(CCl)c2ccccc2)c(Br)c1. The van der Waals surface area contributed by atoms with Crippen molar-refractivity contribution in [2.24, 2.45) is 0 Å². The lowest BCUT2D eigenvalue weighted by molar-refractivity contribution is 0.625. The second-order valence-corrected chi connectivity index (χ2v) is 5.36. The Balaban J connectivity index is 2.21. The Bertz CT molecular complexity index is 513. The molecule has 0 aliphatic carbocycles. The summed E-state index contributed by atoms with van der Waals surface area (Å²) in [5.41, 5.74) is 2.29. The number of hydrogen-bond donors (Lipinski definition) is 0. The molecule has 0 radical (unpaired) electrons. The molecule has 2 rings (SSSR count). The van der Waals surface area contributed by atoms with E-state index in [9.17, 15) is 4.39 Å². The predicted molar refractivity (Wildman–Crippen MR) is 77.7 cm³/mol. The molecule has 0 saturated heterocycles. The number of rotatable bonds is 4. The first-order valence-corrected chi connectivity index (χ1v) is 7.08. The maximum absolute atomic E-state index is 13.0. The molecule has 94 valence electrons. The van der Waals surface area contributed by atoms with Crippen LogP contribution in [0.15, 0.2) is 53.0 Å². The van der Waals surface area contributed by atoms with Gasteiger partial charge in [0.25, 0.3) is 0 Å². The van der Waals surface area contributed by atoms with Crippen molar-refractivity contribution >= 4 is 27.5 Å². The highest BCUT2D eigenvalue weighted by atomic mass is 79.9. The first kappa shape index (κ1) is 13.6. The van der Waals surface area contributed by atoms with E-state index in [2.05, 4.69) is 28.1 Å². The molecule has 1 unspecified atom stereocenters. The standard InChI is InChI=1S/C15H13BrClF/c16-15-9-14(18)7-6-12(15)8-13(10-17)11-4-2-1-3-5-11/h1-7,9,13H,8,10H2. The van der Waals surface area contributed by atoms with E-state index in [0.29, 0.717) is 5.88 Å². The minimum Gasteiger partial charge on any atom is -0.207 e.